The van der Waals surface area contributed by atoms with Crippen LogP contribution in [0.3, 0.4) is 0 Å². The number of nitriles is 1. The molecule has 2 aromatic heterocycles. The summed E-state index contributed by atoms with van der Waals surface area (Å²) in [6.45, 7) is 0. The maximum Gasteiger partial charge on any atom is 0.129 e. The van der Waals surface area contributed by atoms with Crippen LogP contribution in [-0.4, -0.2) is 6.26 Å². The van der Waals surface area contributed by atoms with Crippen LogP contribution in [0.4, 0.5) is 5.69 Å². The van der Waals surface area contributed by atoms with Crippen LogP contribution in [0.25, 0.3) is 20.9 Å². The summed E-state index contributed by atoms with van der Waals surface area (Å²) in [5.74, 6) is 0. The molecule has 0 atom stereocenters. The number of nitrogen functional groups attached to an aromatic ring is 1. The van der Waals surface area contributed by atoms with Crippen molar-refractivity contribution in [3.05, 3.63) is 46.7 Å². The second-order valence-corrected chi connectivity index (χ2v) is 7.21. The Kier molecular flexibility index (Phi) is 4.02. The van der Waals surface area contributed by atoms with Gasteiger partial charge in [0.05, 0.1) is 5.69 Å². The maximum atomic E-state index is 9.26. The number of thiophene rings is 2. The normalized spacial score (nSPS) is 10.5. The van der Waals surface area contributed by atoms with Gasteiger partial charge in [0.1, 0.15) is 10.9 Å². The minimum atomic E-state index is 0.586. The first-order chi connectivity index (χ1) is 10.2. The lowest BCUT2D eigenvalue weighted by Crippen LogP contribution is -1.87. The van der Waals surface area contributed by atoms with Crippen LogP contribution in [0.1, 0.15) is 4.88 Å². The number of anilines is 1. The predicted octanol–water partition coefficient (Wildman–Crippen LogP) is 5.32. The van der Waals surface area contributed by atoms with Crippen LogP contribution in [0.15, 0.2) is 46.7 Å². The van der Waals surface area contributed by atoms with Gasteiger partial charge in [-0.3, -0.25) is 0 Å². The fourth-order valence-electron chi connectivity index (χ4n) is 2.14. The van der Waals surface area contributed by atoms with Gasteiger partial charge in [-0.1, -0.05) is 18.2 Å². The van der Waals surface area contributed by atoms with Gasteiger partial charge in [-0.25, -0.2) is 0 Å². The van der Waals surface area contributed by atoms with Crippen molar-refractivity contribution in [2.24, 2.45) is 0 Å². The first-order valence-corrected chi connectivity index (χ1v) is 9.17. The third kappa shape index (κ3) is 2.58. The number of hydrogen-bond donors (Lipinski definition) is 1. The van der Waals surface area contributed by atoms with E-state index in [9.17, 15) is 5.26 Å². The predicted molar refractivity (Wildman–Crippen MR) is 94.0 cm³/mol. The zero-order valence-corrected chi connectivity index (χ0v) is 13.7. The summed E-state index contributed by atoms with van der Waals surface area (Å²) in [5, 5.41) is 11.3. The van der Waals surface area contributed by atoms with Crippen LogP contribution in [0.2, 0.25) is 0 Å². The average molecular weight is 328 g/mol. The summed E-state index contributed by atoms with van der Waals surface area (Å²) in [5.41, 5.74) is 8.88. The van der Waals surface area contributed by atoms with E-state index in [1.54, 1.807) is 23.1 Å². The van der Waals surface area contributed by atoms with E-state index in [2.05, 4.69) is 36.6 Å². The van der Waals surface area contributed by atoms with E-state index in [0.29, 0.717) is 10.6 Å². The molecule has 21 heavy (non-hydrogen) atoms. The van der Waals surface area contributed by atoms with Crippen molar-refractivity contribution in [1.29, 1.82) is 5.26 Å². The molecule has 0 aliphatic heterocycles. The summed E-state index contributed by atoms with van der Waals surface area (Å²) >= 11 is 4.82. The molecular weight excluding hydrogens is 316 g/mol. The van der Waals surface area contributed by atoms with Crippen molar-refractivity contribution in [1.82, 2.24) is 0 Å². The number of rotatable bonds is 3. The Balaban J connectivity index is 2.19. The smallest absolute Gasteiger partial charge is 0.129 e. The summed E-state index contributed by atoms with van der Waals surface area (Å²) in [4.78, 5) is 3.98. The van der Waals surface area contributed by atoms with Crippen LogP contribution in [-0.2, 0) is 0 Å². The van der Waals surface area contributed by atoms with Gasteiger partial charge in [0.15, 0.2) is 0 Å². The first-order valence-electron chi connectivity index (χ1n) is 6.25. The Labute approximate surface area is 135 Å². The molecule has 104 valence electrons. The quantitative estimate of drug-likeness (QED) is 0.662. The number of benzene rings is 1. The molecule has 0 amide bonds. The lowest BCUT2D eigenvalue weighted by atomic mass is 10.1. The standard InChI is InChI=1S/C16H12N2S3/c1-19-11-6-4-10(5-7-11)16-14(12-3-2-8-20-12)15(18)13(9-17)21-16/h2-8H,18H2,1H3. The summed E-state index contributed by atoms with van der Waals surface area (Å²) in [6, 6.07) is 14.6. The molecule has 0 spiro atoms. The van der Waals surface area contributed by atoms with E-state index in [1.807, 2.05) is 17.5 Å². The van der Waals surface area contributed by atoms with E-state index in [1.165, 1.54) is 16.2 Å². The molecule has 0 unspecified atom stereocenters. The fourth-order valence-corrected chi connectivity index (χ4v) is 4.44. The molecule has 2 heterocycles. The number of hydrogen-bond acceptors (Lipinski definition) is 5. The molecule has 0 bridgehead atoms. The molecule has 2 N–H and O–H groups in total. The van der Waals surface area contributed by atoms with Gasteiger partial charge in [-0.2, -0.15) is 5.26 Å². The molecule has 5 heteroatoms. The number of nitrogens with two attached hydrogens (primary N) is 1. The largest absolute Gasteiger partial charge is 0.396 e. The third-order valence-electron chi connectivity index (χ3n) is 3.17. The zero-order valence-electron chi connectivity index (χ0n) is 11.3. The molecule has 0 radical (unpaired) electrons. The average Bonchev–Trinajstić information content (AvgIpc) is 3.14. The van der Waals surface area contributed by atoms with Crippen molar-refractivity contribution >= 4 is 40.1 Å². The monoisotopic (exact) mass is 328 g/mol. The van der Waals surface area contributed by atoms with Crippen LogP contribution in [0.5, 0.6) is 0 Å². The van der Waals surface area contributed by atoms with Gasteiger partial charge < -0.3 is 5.73 Å². The van der Waals surface area contributed by atoms with E-state index >= 15 is 0 Å². The molecule has 1 aromatic carbocycles. The lowest BCUT2D eigenvalue weighted by Gasteiger charge is -2.04. The Morgan fingerprint density at radius 3 is 2.52 bits per heavy atom. The maximum absolute atomic E-state index is 9.26. The molecule has 0 saturated heterocycles. The molecule has 2 nitrogen and oxygen atoms in total. The van der Waals surface area contributed by atoms with Crippen molar-refractivity contribution in [2.75, 3.05) is 12.0 Å². The molecule has 0 saturated carbocycles. The van der Waals surface area contributed by atoms with E-state index < -0.39 is 0 Å². The minimum absolute atomic E-state index is 0.586. The van der Waals surface area contributed by atoms with Gasteiger partial charge in [0, 0.05) is 20.2 Å². The number of thioether (sulfide) groups is 1. The van der Waals surface area contributed by atoms with E-state index in [-0.39, 0.29) is 0 Å². The Bertz CT molecular complexity index is 793. The van der Waals surface area contributed by atoms with Crippen molar-refractivity contribution in [2.45, 2.75) is 4.90 Å². The minimum Gasteiger partial charge on any atom is -0.396 e. The summed E-state index contributed by atoms with van der Waals surface area (Å²) in [7, 11) is 0. The lowest BCUT2D eigenvalue weighted by molar-refractivity contribution is 1.47. The van der Waals surface area contributed by atoms with Crippen molar-refractivity contribution < 1.29 is 0 Å². The van der Waals surface area contributed by atoms with Gasteiger partial charge >= 0.3 is 0 Å². The molecule has 3 aromatic rings. The van der Waals surface area contributed by atoms with Gasteiger partial charge in [0.2, 0.25) is 0 Å². The summed E-state index contributed by atoms with van der Waals surface area (Å²) in [6.07, 6.45) is 2.06. The molecule has 0 aliphatic carbocycles. The first kappa shape index (κ1) is 14.2. The Morgan fingerprint density at radius 1 is 1.19 bits per heavy atom. The van der Waals surface area contributed by atoms with Gasteiger partial charge in [-0.15, -0.1) is 34.4 Å². The van der Waals surface area contributed by atoms with Crippen LogP contribution in [0, 0.1) is 11.3 Å². The van der Waals surface area contributed by atoms with Gasteiger partial charge in [-0.05, 0) is 35.4 Å². The van der Waals surface area contributed by atoms with Gasteiger partial charge in [0.25, 0.3) is 0 Å². The number of nitrogens with zero attached hydrogens (tertiary/aromatic N) is 1. The second-order valence-electron chi connectivity index (χ2n) is 4.37. The Morgan fingerprint density at radius 2 is 1.95 bits per heavy atom. The highest BCUT2D eigenvalue weighted by molar-refractivity contribution is 7.98. The third-order valence-corrected chi connectivity index (χ3v) is 5.96. The van der Waals surface area contributed by atoms with E-state index in [0.717, 1.165) is 20.9 Å². The van der Waals surface area contributed by atoms with E-state index in [4.69, 9.17) is 5.73 Å². The Hall–Kier alpha value is -1.74. The van der Waals surface area contributed by atoms with Crippen molar-refractivity contribution in [3.8, 4) is 27.0 Å². The zero-order chi connectivity index (χ0) is 14.8. The van der Waals surface area contributed by atoms with Crippen LogP contribution < -0.4 is 5.73 Å². The fraction of sp³-hybridized carbons (Fsp3) is 0.0625. The molecule has 0 fully saturated rings. The molecular formula is C16H12N2S3. The SMILES string of the molecule is CSc1ccc(-c2sc(C#N)c(N)c2-c2cccs2)cc1. The second kappa shape index (κ2) is 5.94. The highest BCUT2D eigenvalue weighted by Gasteiger charge is 2.19. The molecule has 0 aliphatic rings. The molecule has 3 rings (SSSR count). The highest BCUT2D eigenvalue weighted by Crippen LogP contribution is 2.46. The topological polar surface area (TPSA) is 49.8 Å². The van der Waals surface area contributed by atoms with Crippen LogP contribution >= 0.6 is 34.4 Å². The highest BCUT2D eigenvalue weighted by atomic mass is 32.2. The summed E-state index contributed by atoms with van der Waals surface area (Å²) < 4.78 is 0. The van der Waals surface area contributed by atoms with Crippen molar-refractivity contribution in [3.63, 3.8) is 0 Å².